The van der Waals surface area contributed by atoms with Gasteiger partial charge in [-0.2, -0.15) is 0 Å². The summed E-state index contributed by atoms with van der Waals surface area (Å²) in [4.78, 5) is 4.54. The van der Waals surface area contributed by atoms with E-state index < -0.39 is 0 Å². The molecule has 1 aromatic carbocycles. The van der Waals surface area contributed by atoms with Gasteiger partial charge in [-0.3, -0.25) is 4.99 Å². The highest BCUT2D eigenvalue weighted by atomic mass is 127. The van der Waals surface area contributed by atoms with Crippen LogP contribution in [0, 0.1) is 0 Å². The van der Waals surface area contributed by atoms with E-state index in [0.717, 1.165) is 38.6 Å². The molecular weight excluding hydrogens is 469 g/mol. The normalized spacial score (nSPS) is 16.8. The first-order chi connectivity index (χ1) is 12.3. The summed E-state index contributed by atoms with van der Waals surface area (Å²) in [7, 11) is 0. The van der Waals surface area contributed by atoms with Crippen molar-refractivity contribution in [3.63, 3.8) is 0 Å². The average molecular weight is 498 g/mol. The molecule has 0 saturated carbocycles. The van der Waals surface area contributed by atoms with Gasteiger partial charge in [-0.05, 0) is 31.9 Å². The lowest BCUT2D eigenvalue weighted by atomic mass is 10.3. The summed E-state index contributed by atoms with van der Waals surface area (Å²) in [6.45, 7) is 6.98. The fourth-order valence-electron chi connectivity index (χ4n) is 2.38. The Bertz CT molecular complexity index is 528. The van der Waals surface area contributed by atoms with Crippen LogP contribution in [0.5, 0.6) is 5.75 Å². The number of hydrogen-bond acceptors (Lipinski definition) is 4. The van der Waals surface area contributed by atoms with E-state index in [-0.39, 0.29) is 30.1 Å². The second-order valence-electron chi connectivity index (χ2n) is 5.68. The number of guanidine groups is 1. The van der Waals surface area contributed by atoms with Crippen molar-refractivity contribution in [3.05, 3.63) is 29.3 Å². The van der Waals surface area contributed by atoms with Gasteiger partial charge in [0.2, 0.25) is 0 Å². The van der Waals surface area contributed by atoms with Crippen LogP contribution in [0.1, 0.15) is 19.8 Å². The van der Waals surface area contributed by atoms with Crippen LogP contribution in [-0.4, -0.2) is 58.1 Å². The standard InChI is InChI=1S/C18H28ClN3O3.HI/c1-2-20-18(21-9-5-11-24-15-8-12-23-14-15)22-10-13-25-17-7-4-3-6-16(17)19;/h3-4,6-7,15H,2,5,8-14H2,1H3,(H2,20,21,22);1H. The van der Waals surface area contributed by atoms with E-state index in [4.69, 9.17) is 25.8 Å². The number of ether oxygens (including phenoxy) is 3. The molecule has 1 atom stereocenters. The van der Waals surface area contributed by atoms with Gasteiger partial charge in [0.05, 0.1) is 24.3 Å². The first-order valence-electron chi connectivity index (χ1n) is 8.88. The van der Waals surface area contributed by atoms with Crippen molar-refractivity contribution in [1.82, 2.24) is 10.6 Å². The van der Waals surface area contributed by atoms with Crippen LogP contribution in [-0.2, 0) is 9.47 Å². The molecule has 2 rings (SSSR count). The topological polar surface area (TPSA) is 64.1 Å². The van der Waals surface area contributed by atoms with Crippen LogP contribution < -0.4 is 15.4 Å². The van der Waals surface area contributed by atoms with E-state index in [2.05, 4.69) is 15.6 Å². The van der Waals surface area contributed by atoms with Crippen LogP contribution in [0.25, 0.3) is 0 Å². The molecule has 8 heteroatoms. The molecule has 1 heterocycles. The number of hydrogen-bond donors (Lipinski definition) is 2. The van der Waals surface area contributed by atoms with Gasteiger partial charge >= 0.3 is 0 Å². The molecular formula is C18H29ClIN3O3. The Morgan fingerprint density at radius 3 is 2.88 bits per heavy atom. The second-order valence-corrected chi connectivity index (χ2v) is 6.08. The SMILES string of the molecule is CCNC(=NCCCOC1CCOC1)NCCOc1ccccc1Cl.I. The lowest BCUT2D eigenvalue weighted by Crippen LogP contribution is -2.39. The van der Waals surface area contributed by atoms with Crippen molar-refractivity contribution in [3.8, 4) is 5.75 Å². The van der Waals surface area contributed by atoms with E-state index >= 15 is 0 Å². The maximum absolute atomic E-state index is 6.06. The third-order valence-corrected chi connectivity index (χ3v) is 3.96. The fraction of sp³-hybridized carbons (Fsp3) is 0.611. The van der Waals surface area contributed by atoms with Gasteiger partial charge in [-0.25, -0.2) is 0 Å². The third-order valence-electron chi connectivity index (χ3n) is 3.65. The van der Waals surface area contributed by atoms with Crippen LogP contribution in [0.15, 0.2) is 29.3 Å². The highest BCUT2D eigenvalue weighted by molar-refractivity contribution is 14.0. The zero-order valence-corrected chi connectivity index (χ0v) is 18.3. The van der Waals surface area contributed by atoms with Crippen molar-refractivity contribution in [2.45, 2.75) is 25.9 Å². The van der Waals surface area contributed by atoms with Gasteiger partial charge in [-0.1, -0.05) is 23.7 Å². The Morgan fingerprint density at radius 2 is 2.15 bits per heavy atom. The molecule has 26 heavy (non-hydrogen) atoms. The van der Waals surface area contributed by atoms with E-state index in [1.807, 2.05) is 31.2 Å². The predicted octanol–water partition coefficient (Wildman–Crippen LogP) is 3.09. The van der Waals surface area contributed by atoms with E-state index in [1.54, 1.807) is 0 Å². The van der Waals surface area contributed by atoms with Crippen LogP contribution in [0.2, 0.25) is 5.02 Å². The summed E-state index contributed by atoms with van der Waals surface area (Å²) in [5.74, 6) is 1.48. The lowest BCUT2D eigenvalue weighted by molar-refractivity contribution is 0.0424. The number of nitrogens with zero attached hydrogens (tertiary/aromatic N) is 1. The molecule has 0 bridgehead atoms. The molecule has 1 saturated heterocycles. The van der Waals surface area contributed by atoms with E-state index in [9.17, 15) is 0 Å². The molecule has 1 unspecified atom stereocenters. The highest BCUT2D eigenvalue weighted by Gasteiger charge is 2.15. The zero-order valence-electron chi connectivity index (χ0n) is 15.2. The summed E-state index contributed by atoms with van der Waals surface area (Å²) >= 11 is 6.06. The second kappa shape index (κ2) is 14.3. The molecule has 1 aliphatic rings. The first kappa shape index (κ1) is 23.3. The summed E-state index contributed by atoms with van der Waals surface area (Å²) in [5.41, 5.74) is 0. The zero-order chi connectivity index (χ0) is 17.7. The molecule has 1 aromatic rings. The van der Waals surface area contributed by atoms with Gasteiger partial charge in [0.15, 0.2) is 5.96 Å². The van der Waals surface area contributed by atoms with Crippen molar-refractivity contribution in [1.29, 1.82) is 0 Å². The number of aliphatic imine (C=N–C) groups is 1. The highest BCUT2D eigenvalue weighted by Crippen LogP contribution is 2.22. The van der Waals surface area contributed by atoms with Crippen molar-refractivity contribution in [2.75, 3.05) is 46.1 Å². The summed E-state index contributed by atoms with van der Waals surface area (Å²) < 4.78 is 16.7. The Kier molecular flexibility index (Phi) is 12.8. The molecule has 2 N–H and O–H groups in total. The van der Waals surface area contributed by atoms with Crippen molar-refractivity contribution < 1.29 is 14.2 Å². The summed E-state index contributed by atoms with van der Waals surface area (Å²) in [6.07, 6.45) is 2.15. The number of rotatable bonds is 10. The molecule has 1 fully saturated rings. The lowest BCUT2D eigenvalue weighted by Gasteiger charge is -2.13. The average Bonchev–Trinajstić information content (AvgIpc) is 3.13. The molecule has 0 amide bonds. The predicted molar refractivity (Wildman–Crippen MR) is 116 cm³/mol. The molecule has 0 radical (unpaired) electrons. The molecule has 0 aromatic heterocycles. The van der Waals surface area contributed by atoms with Crippen LogP contribution in [0.3, 0.4) is 0 Å². The minimum absolute atomic E-state index is 0. The van der Waals surface area contributed by atoms with E-state index in [1.165, 1.54) is 0 Å². The molecule has 0 spiro atoms. The quantitative estimate of drug-likeness (QED) is 0.225. The first-order valence-corrected chi connectivity index (χ1v) is 9.26. The monoisotopic (exact) mass is 497 g/mol. The van der Waals surface area contributed by atoms with Crippen LogP contribution >= 0.6 is 35.6 Å². The number of benzene rings is 1. The Labute approximate surface area is 178 Å². The van der Waals surface area contributed by atoms with Gasteiger partial charge in [0, 0.05) is 26.3 Å². The Balaban J connectivity index is 0.00000338. The summed E-state index contributed by atoms with van der Waals surface area (Å²) in [6, 6.07) is 7.46. The number of nitrogens with one attached hydrogen (secondary N) is 2. The molecule has 6 nitrogen and oxygen atoms in total. The Hall–Kier alpha value is -0.770. The third kappa shape index (κ3) is 9.25. The van der Waals surface area contributed by atoms with Crippen molar-refractivity contribution >= 4 is 41.5 Å². The van der Waals surface area contributed by atoms with Crippen molar-refractivity contribution in [2.24, 2.45) is 4.99 Å². The smallest absolute Gasteiger partial charge is 0.191 e. The fourth-order valence-corrected chi connectivity index (χ4v) is 2.57. The largest absolute Gasteiger partial charge is 0.490 e. The maximum atomic E-state index is 6.06. The van der Waals surface area contributed by atoms with Crippen LogP contribution in [0.4, 0.5) is 0 Å². The Morgan fingerprint density at radius 1 is 1.31 bits per heavy atom. The number of halogens is 2. The maximum Gasteiger partial charge on any atom is 0.191 e. The van der Waals surface area contributed by atoms with Gasteiger partial charge in [-0.15, -0.1) is 24.0 Å². The number of para-hydroxylation sites is 1. The summed E-state index contributed by atoms with van der Waals surface area (Å²) in [5, 5.41) is 7.09. The minimum atomic E-state index is 0. The van der Waals surface area contributed by atoms with E-state index in [0.29, 0.717) is 37.1 Å². The molecule has 148 valence electrons. The van der Waals surface area contributed by atoms with Gasteiger partial charge in [0.25, 0.3) is 0 Å². The van der Waals surface area contributed by atoms with Gasteiger partial charge < -0.3 is 24.8 Å². The molecule has 0 aliphatic carbocycles. The molecule has 1 aliphatic heterocycles. The van der Waals surface area contributed by atoms with Gasteiger partial charge in [0.1, 0.15) is 12.4 Å². The minimum Gasteiger partial charge on any atom is -0.490 e.